The Morgan fingerprint density at radius 2 is 1.90 bits per heavy atom. The first-order chi connectivity index (χ1) is 10.3. The van der Waals surface area contributed by atoms with Gasteiger partial charge >= 0.3 is 0 Å². The monoisotopic (exact) mass is 302 g/mol. The van der Waals surface area contributed by atoms with E-state index in [0.29, 0.717) is 22.6 Å². The predicted molar refractivity (Wildman–Crippen MR) is 74.5 cm³/mol. The van der Waals surface area contributed by atoms with Crippen LogP contribution in [-0.2, 0) is 13.0 Å². The highest BCUT2D eigenvalue weighted by atomic mass is 35.5. The minimum Gasteiger partial charge on any atom is -0.332 e. The van der Waals surface area contributed by atoms with Gasteiger partial charge in [-0.25, -0.2) is 15.0 Å². The quantitative estimate of drug-likeness (QED) is 0.723. The highest BCUT2D eigenvalue weighted by molar-refractivity contribution is 6.30. The van der Waals surface area contributed by atoms with E-state index in [4.69, 9.17) is 16.1 Å². The van der Waals surface area contributed by atoms with Crippen LogP contribution in [0.4, 0.5) is 0 Å². The van der Waals surface area contributed by atoms with Crippen LogP contribution >= 0.6 is 11.6 Å². The number of rotatable bonds is 2. The van der Waals surface area contributed by atoms with E-state index in [-0.39, 0.29) is 0 Å². The number of aryl methyl sites for hydroxylation is 1. The van der Waals surface area contributed by atoms with Crippen LogP contribution in [0.2, 0.25) is 5.02 Å². The molecule has 4 heterocycles. The van der Waals surface area contributed by atoms with Crippen LogP contribution in [0, 0.1) is 0 Å². The average Bonchev–Trinajstić information content (AvgIpc) is 3.14. The predicted octanol–water partition coefficient (Wildman–Crippen LogP) is 2.38. The van der Waals surface area contributed by atoms with Crippen molar-refractivity contribution in [1.29, 1.82) is 0 Å². The normalized spacial score (nSPS) is 14.1. The van der Waals surface area contributed by atoms with Crippen LogP contribution in [0.3, 0.4) is 0 Å². The Labute approximate surface area is 125 Å². The van der Waals surface area contributed by atoms with Gasteiger partial charge < -0.3 is 9.09 Å². The number of halogens is 1. The fraction of sp³-hybridized carbons (Fsp3) is 0.308. The molecule has 4 rings (SSSR count). The van der Waals surface area contributed by atoms with E-state index < -0.39 is 0 Å². The molecule has 0 bridgehead atoms. The summed E-state index contributed by atoms with van der Waals surface area (Å²) in [6.07, 6.45) is 8.07. The van der Waals surface area contributed by atoms with Gasteiger partial charge in [-0.15, -0.1) is 0 Å². The number of hydrogen-bond donors (Lipinski definition) is 0. The van der Waals surface area contributed by atoms with E-state index in [2.05, 4.69) is 29.7 Å². The van der Waals surface area contributed by atoms with Gasteiger partial charge in [0, 0.05) is 25.4 Å². The maximum absolute atomic E-state index is 5.76. The topological polar surface area (TPSA) is 82.5 Å². The second kappa shape index (κ2) is 4.92. The lowest BCUT2D eigenvalue weighted by molar-refractivity contribution is 0.425. The summed E-state index contributed by atoms with van der Waals surface area (Å²) in [5.41, 5.74) is 0.845. The Kier molecular flexibility index (Phi) is 2.92. The molecule has 8 heteroatoms. The van der Waals surface area contributed by atoms with Crippen molar-refractivity contribution in [3.63, 3.8) is 0 Å². The Balaban J connectivity index is 1.71. The number of fused-ring (bicyclic) bond motifs is 1. The van der Waals surface area contributed by atoms with E-state index in [1.807, 2.05) is 0 Å². The zero-order valence-electron chi connectivity index (χ0n) is 11.0. The zero-order chi connectivity index (χ0) is 14.2. The molecule has 0 unspecified atom stereocenters. The molecule has 1 aliphatic rings. The number of aromatic nitrogens is 6. The smallest absolute Gasteiger partial charge is 0.276 e. The molecule has 0 radical (unpaired) electrons. The van der Waals surface area contributed by atoms with E-state index >= 15 is 0 Å². The van der Waals surface area contributed by atoms with Gasteiger partial charge in [-0.1, -0.05) is 16.8 Å². The first kappa shape index (κ1) is 12.5. The van der Waals surface area contributed by atoms with Gasteiger partial charge in [0.1, 0.15) is 11.5 Å². The summed E-state index contributed by atoms with van der Waals surface area (Å²) < 4.78 is 7.45. The van der Waals surface area contributed by atoms with Crippen molar-refractivity contribution < 1.29 is 4.52 Å². The van der Waals surface area contributed by atoms with E-state index in [1.165, 1.54) is 18.8 Å². The van der Waals surface area contributed by atoms with Crippen molar-refractivity contribution in [2.45, 2.75) is 25.8 Å². The summed E-state index contributed by atoms with van der Waals surface area (Å²) in [6.45, 7) is 0.930. The van der Waals surface area contributed by atoms with Crippen LogP contribution in [-0.4, -0.2) is 29.7 Å². The fourth-order valence-corrected chi connectivity index (χ4v) is 2.53. The van der Waals surface area contributed by atoms with E-state index in [0.717, 1.165) is 30.9 Å². The standard InChI is InChI=1S/C13H11ClN6O/c14-8-5-16-11(17-6-8)12-18-13(21-19-12)9-7-15-10-3-1-2-4-20(9)10/h5-7H,1-4H2. The van der Waals surface area contributed by atoms with Gasteiger partial charge in [-0.3, -0.25) is 0 Å². The van der Waals surface area contributed by atoms with Crippen molar-refractivity contribution in [3.8, 4) is 23.2 Å². The zero-order valence-corrected chi connectivity index (χ0v) is 11.8. The van der Waals surface area contributed by atoms with Crippen molar-refractivity contribution in [3.05, 3.63) is 29.4 Å². The summed E-state index contributed by atoms with van der Waals surface area (Å²) >= 11 is 5.76. The molecular weight excluding hydrogens is 292 g/mol. The molecule has 0 saturated carbocycles. The number of imidazole rings is 1. The molecule has 0 atom stereocenters. The highest BCUT2D eigenvalue weighted by Crippen LogP contribution is 2.25. The van der Waals surface area contributed by atoms with Crippen LogP contribution in [0.5, 0.6) is 0 Å². The summed E-state index contributed by atoms with van der Waals surface area (Å²) in [6, 6.07) is 0. The lowest BCUT2D eigenvalue weighted by Crippen LogP contribution is -2.11. The molecule has 1 aliphatic heterocycles. The van der Waals surface area contributed by atoms with Crippen LogP contribution in [0.25, 0.3) is 23.2 Å². The molecular formula is C13H11ClN6O. The first-order valence-corrected chi connectivity index (χ1v) is 7.05. The summed E-state index contributed by atoms with van der Waals surface area (Å²) in [4.78, 5) is 16.9. The minimum atomic E-state index is 0.341. The lowest BCUT2D eigenvalue weighted by atomic mass is 10.1. The molecule has 0 aromatic carbocycles. The van der Waals surface area contributed by atoms with Gasteiger partial charge in [-0.2, -0.15) is 4.98 Å². The Hall–Kier alpha value is -2.28. The molecule has 0 spiro atoms. The third-order valence-electron chi connectivity index (χ3n) is 3.44. The van der Waals surface area contributed by atoms with Crippen LogP contribution in [0.1, 0.15) is 18.7 Å². The summed E-state index contributed by atoms with van der Waals surface area (Å²) in [7, 11) is 0. The third-order valence-corrected chi connectivity index (χ3v) is 3.63. The molecule has 106 valence electrons. The largest absolute Gasteiger partial charge is 0.332 e. The molecule has 0 fully saturated rings. The molecule has 0 aliphatic carbocycles. The molecule has 3 aromatic rings. The average molecular weight is 303 g/mol. The molecule has 0 N–H and O–H groups in total. The molecule has 3 aromatic heterocycles. The maximum Gasteiger partial charge on any atom is 0.276 e. The Morgan fingerprint density at radius 1 is 1.05 bits per heavy atom. The lowest BCUT2D eigenvalue weighted by Gasteiger charge is -2.14. The third kappa shape index (κ3) is 2.19. The molecule has 0 amide bonds. The molecule has 0 saturated heterocycles. The van der Waals surface area contributed by atoms with Gasteiger partial charge in [0.25, 0.3) is 5.89 Å². The summed E-state index contributed by atoms with van der Waals surface area (Å²) in [5.74, 6) is 2.23. The molecule has 21 heavy (non-hydrogen) atoms. The van der Waals surface area contributed by atoms with Crippen molar-refractivity contribution in [1.82, 2.24) is 29.7 Å². The number of hydrogen-bond acceptors (Lipinski definition) is 6. The van der Waals surface area contributed by atoms with Crippen LogP contribution < -0.4 is 0 Å². The number of nitrogens with zero attached hydrogens (tertiary/aromatic N) is 6. The second-order valence-corrected chi connectivity index (χ2v) is 5.25. The maximum atomic E-state index is 5.76. The molecule has 7 nitrogen and oxygen atoms in total. The highest BCUT2D eigenvalue weighted by Gasteiger charge is 2.20. The van der Waals surface area contributed by atoms with Gasteiger partial charge in [0.15, 0.2) is 0 Å². The van der Waals surface area contributed by atoms with E-state index in [1.54, 1.807) is 6.20 Å². The fourth-order valence-electron chi connectivity index (χ4n) is 2.43. The van der Waals surface area contributed by atoms with Crippen molar-refractivity contribution in [2.75, 3.05) is 0 Å². The second-order valence-electron chi connectivity index (χ2n) is 4.82. The van der Waals surface area contributed by atoms with Crippen molar-refractivity contribution in [2.24, 2.45) is 0 Å². The van der Waals surface area contributed by atoms with Gasteiger partial charge in [0.05, 0.1) is 11.2 Å². The van der Waals surface area contributed by atoms with E-state index in [9.17, 15) is 0 Å². The Bertz CT molecular complexity index is 778. The SMILES string of the molecule is Clc1cnc(-c2noc(-c3cnc4n3CCCC4)n2)nc1. The summed E-state index contributed by atoms with van der Waals surface area (Å²) in [5, 5.41) is 4.39. The minimum absolute atomic E-state index is 0.341. The Morgan fingerprint density at radius 3 is 2.76 bits per heavy atom. The van der Waals surface area contributed by atoms with Gasteiger partial charge in [-0.05, 0) is 12.8 Å². The first-order valence-electron chi connectivity index (χ1n) is 6.67. The van der Waals surface area contributed by atoms with Gasteiger partial charge in [0.2, 0.25) is 11.6 Å². The van der Waals surface area contributed by atoms with Crippen LogP contribution in [0.15, 0.2) is 23.1 Å². The van der Waals surface area contributed by atoms with Crippen molar-refractivity contribution >= 4 is 11.6 Å².